The fourth-order valence-electron chi connectivity index (χ4n) is 6.27. The standard InChI is InChI=1S/C35H51F3N4O5/c1-4-11-28(34(47)40-29(21-25-14-9-6-10-15-25)32(45)31(44)26-16-17-26)39-33(46)27(20-24-12-7-5-8-13-24)22-30(43)42(3)19-18-41(2)23-35(36,37)38/h1,5,7-8,12-13,25-29,31-32,44-45H,6,9-11,14-23H2,2-3H3,(H,39,46)(H,40,47)/t27-,28+,29+,31+,32-/m1/s1. The Kier molecular flexibility index (Phi) is 15.0. The first-order chi connectivity index (χ1) is 22.3. The van der Waals surface area contributed by atoms with E-state index in [1.807, 2.05) is 18.2 Å². The van der Waals surface area contributed by atoms with Gasteiger partial charge in [0.1, 0.15) is 12.1 Å². The van der Waals surface area contributed by atoms with Gasteiger partial charge in [0.25, 0.3) is 0 Å². The molecule has 0 bridgehead atoms. The van der Waals surface area contributed by atoms with E-state index < -0.39 is 60.7 Å². The number of carbonyl (C=O) groups is 3. The van der Waals surface area contributed by atoms with Gasteiger partial charge in [0.15, 0.2) is 0 Å². The first-order valence-electron chi connectivity index (χ1n) is 16.7. The Morgan fingerprint density at radius 1 is 0.979 bits per heavy atom. The van der Waals surface area contributed by atoms with Gasteiger partial charge >= 0.3 is 6.18 Å². The van der Waals surface area contributed by atoms with Crippen molar-refractivity contribution in [2.24, 2.45) is 17.8 Å². The van der Waals surface area contributed by atoms with Crippen LogP contribution in [0.25, 0.3) is 0 Å². The number of hydrogen-bond acceptors (Lipinski definition) is 6. The Morgan fingerprint density at radius 2 is 1.64 bits per heavy atom. The lowest BCUT2D eigenvalue weighted by Gasteiger charge is -2.33. The number of hydrogen-bond donors (Lipinski definition) is 4. The quantitative estimate of drug-likeness (QED) is 0.179. The van der Waals surface area contributed by atoms with Crippen LogP contribution in [0.15, 0.2) is 30.3 Å². The predicted octanol–water partition coefficient (Wildman–Crippen LogP) is 3.28. The summed E-state index contributed by atoms with van der Waals surface area (Å²) in [5, 5.41) is 27.4. The fraction of sp³-hybridized carbons (Fsp3) is 0.686. The normalized spacial score (nSPS) is 18.8. The van der Waals surface area contributed by atoms with Gasteiger partial charge in [-0.05, 0) is 50.1 Å². The van der Waals surface area contributed by atoms with E-state index in [4.69, 9.17) is 6.42 Å². The minimum absolute atomic E-state index is 0.00332. The van der Waals surface area contributed by atoms with Crippen molar-refractivity contribution < 1.29 is 37.8 Å². The van der Waals surface area contributed by atoms with E-state index in [-0.39, 0.29) is 38.3 Å². The molecule has 0 unspecified atom stereocenters. The van der Waals surface area contributed by atoms with E-state index in [0.717, 1.165) is 55.4 Å². The second kappa shape index (κ2) is 18.4. The van der Waals surface area contributed by atoms with E-state index in [2.05, 4.69) is 16.6 Å². The monoisotopic (exact) mass is 664 g/mol. The Bertz CT molecular complexity index is 1180. The summed E-state index contributed by atoms with van der Waals surface area (Å²) in [7, 11) is 2.79. The zero-order chi connectivity index (χ0) is 34.6. The van der Waals surface area contributed by atoms with E-state index in [9.17, 15) is 37.8 Å². The summed E-state index contributed by atoms with van der Waals surface area (Å²) in [4.78, 5) is 42.9. The number of aliphatic hydroxyl groups excluding tert-OH is 2. The van der Waals surface area contributed by atoms with Crippen LogP contribution in [0.1, 0.15) is 69.8 Å². The van der Waals surface area contributed by atoms with Gasteiger partial charge < -0.3 is 25.7 Å². The van der Waals surface area contributed by atoms with Crippen LogP contribution in [-0.4, -0.2) is 102 Å². The second-order valence-electron chi connectivity index (χ2n) is 13.4. The number of alkyl halides is 3. The third-order valence-corrected chi connectivity index (χ3v) is 9.27. The number of benzene rings is 1. The van der Waals surface area contributed by atoms with E-state index in [1.165, 1.54) is 19.0 Å². The van der Waals surface area contributed by atoms with E-state index in [0.29, 0.717) is 12.3 Å². The Labute approximate surface area is 276 Å². The molecule has 9 nitrogen and oxygen atoms in total. The molecular formula is C35H51F3N4O5. The molecule has 2 saturated carbocycles. The maximum atomic E-state index is 13.7. The van der Waals surface area contributed by atoms with Gasteiger partial charge in [-0.3, -0.25) is 19.3 Å². The molecule has 262 valence electrons. The highest BCUT2D eigenvalue weighted by Gasteiger charge is 2.40. The van der Waals surface area contributed by atoms with Gasteiger partial charge in [0.2, 0.25) is 17.7 Å². The smallest absolute Gasteiger partial charge is 0.390 e. The van der Waals surface area contributed by atoms with Gasteiger partial charge in [0, 0.05) is 33.0 Å². The first kappa shape index (κ1) is 38.3. The molecule has 1 aromatic rings. The average Bonchev–Trinajstić information content (AvgIpc) is 3.88. The summed E-state index contributed by atoms with van der Waals surface area (Å²) in [6.07, 6.45) is 6.31. The van der Waals surface area contributed by atoms with E-state index >= 15 is 0 Å². The molecule has 2 aliphatic rings. The van der Waals surface area contributed by atoms with Crippen molar-refractivity contribution in [3.63, 3.8) is 0 Å². The molecule has 3 rings (SSSR count). The molecule has 3 amide bonds. The molecule has 0 radical (unpaired) electrons. The van der Waals surface area contributed by atoms with Crippen molar-refractivity contribution >= 4 is 17.7 Å². The Balaban J connectivity index is 1.70. The summed E-state index contributed by atoms with van der Waals surface area (Å²) in [6, 6.07) is 7.19. The highest BCUT2D eigenvalue weighted by molar-refractivity contribution is 5.91. The van der Waals surface area contributed by atoms with Gasteiger partial charge in [-0.2, -0.15) is 13.2 Å². The number of amides is 3. The molecular weight excluding hydrogens is 613 g/mol. The number of halogens is 3. The largest absolute Gasteiger partial charge is 0.401 e. The molecule has 4 N–H and O–H groups in total. The molecule has 0 spiro atoms. The van der Waals surface area contributed by atoms with Gasteiger partial charge in [-0.15, -0.1) is 12.3 Å². The van der Waals surface area contributed by atoms with Crippen LogP contribution >= 0.6 is 0 Å². The van der Waals surface area contributed by atoms with Crippen LogP contribution in [0.3, 0.4) is 0 Å². The highest BCUT2D eigenvalue weighted by atomic mass is 19.4. The second-order valence-corrected chi connectivity index (χ2v) is 13.4. The van der Waals surface area contributed by atoms with E-state index in [1.54, 1.807) is 12.1 Å². The molecule has 0 aromatic heterocycles. The number of nitrogens with one attached hydrogen (secondary N) is 2. The average molecular weight is 665 g/mol. The maximum Gasteiger partial charge on any atom is 0.401 e. The molecule has 5 atom stereocenters. The summed E-state index contributed by atoms with van der Waals surface area (Å²) >= 11 is 0. The number of likely N-dealkylation sites (N-methyl/N-ethyl adjacent to an activating group) is 2. The van der Waals surface area contributed by atoms with Crippen molar-refractivity contribution in [2.75, 3.05) is 33.7 Å². The summed E-state index contributed by atoms with van der Waals surface area (Å²) < 4.78 is 38.2. The lowest BCUT2D eigenvalue weighted by Crippen LogP contribution is -2.56. The van der Waals surface area contributed by atoms with Crippen molar-refractivity contribution in [2.45, 2.75) is 101 Å². The summed E-state index contributed by atoms with van der Waals surface area (Å²) in [5.41, 5.74) is 0.788. The minimum Gasteiger partial charge on any atom is -0.390 e. The molecule has 0 heterocycles. The first-order valence-corrected chi connectivity index (χ1v) is 16.7. The molecule has 2 fully saturated rings. The lowest BCUT2D eigenvalue weighted by atomic mass is 9.82. The molecule has 0 saturated heterocycles. The van der Waals surface area contributed by atoms with Crippen LogP contribution in [0.4, 0.5) is 13.2 Å². The zero-order valence-corrected chi connectivity index (χ0v) is 27.6. The Hall–Kier alpha value is -3.14. The topological polar surface area (TPSA) is 122 Å². The summed E-state index contributed by atoms with van der Waals surface area (Å²) in [5.74, 6) is 0.259. The molecule has 0 aliphatic heterocycles. The molecule has 12 heteroatoms. The van der Waals surface area contributed by atoms with Crippen LogP contribution < -0.4 is 10.6 Å². The van der Waals surface area contributed by atoms with Crippen molar-refractivity contribution in [1.29, 1.82) is 0 Å². The fourth-order valence-corrected chi connectivity index (χ4v) is 6.27. The van der Waals surface area contributed by atoms with Crippen molar-refractivity contribution in [3.05, 3.63) is 35.9 Å². The van der Waals surface area contributed by atoms with Crippen LogP contribution in [0.5, 0.6) is 0 Å². The van der Waals surface area contributed by atoms with Gasteiger partial charge in [-0.1, -0.05) is 62.4 Å². The van der Waals surface area contributed by atoms with Crippen LogP contribution in [0.2, 0.25) is 0 Å². The molecule has 47 heavy (non-hydrogen) atoms. The third kappa shape index (κ3) is 13.5. The number of rotatable bonds is 18. The molecule has 2 aliphatic carbocycles. The summed E-state index contributed by atoms with van der Waals surface area (Å²) in [6.45, 7) is -1.08. The number of terminal acetylenes is 1. The lowest BCUT2D eigenvalue weighted by molar-refractivity contribution is -0.144. The van der Waals surface area contributed by atoms with Gasteiger partial charge in [-0.25, -0.2) is 0 Å². The predicted molar refractivity (Wildman–Crippen MR) is 173 cm³/mol. The highest BCUT2D eigenvalue weighted by Crippen LogP contribution is 2.36. The van der Waals surface area contributed by atoms with Gasteiger partial charge in [0.05, 0.1) is 24.6 Å². The van der Waals surface area contributed by atoms with Crippen molar-refractivity contribution in [1.82, 2.24) is 20.4 Å². The van der Waals surface area contributed by atoms with Crippen LogP contribution in [-0.2, 0) is 20.8 Å². The number of carbonyl (C=O) groups excluding carboxylic acids is 3. The zero-order valence-electron chi connectivity index (χ0n) is 27.6. The van der Waals surface area contributed by atoms with Crippen LogP contribution in [0, 0.1) is 30.1 Å². The third-order valence-electron chi connectivity index (χ3n) is 9.27. The maximum absolute atomic E-state index is 13.7. The van der Waals surface area contributed by atoms with Crippen molar-refractivity contribution in [3.8, 4) is 12.3 Å². The number of nitrogens with zero attached hydrogens (tertiary/aromatic N) is 2. The number of aliphatic hydroxyl groups is 2. The Morgan fingerprint density at radius 3 is 2.23 bits per heavy atom. The molecule has 1 aromatic carbocycles. The minimum atomic E-state index is -4.36. The SMILES string of the molecule is C#CC[C@H](NC(=O)[C@@H](CC(=O)N(C)CCN(C)CC(F)(F)F)Cc1ccccc1)C(=O)N[C@@H](CC1CCCCC1)[C@@H](O)[C@@H](O)C1CC1.